The fraction of sp³-hybridized carbons (Fsp3) is 0.375. The summed E-state index contributed by atoms with van der Waals surface area (Å²) >= 11 is 11.9. The number of aryl methyl sites for hydroxylation is 2. The SMILES string of the molecule is Cc1nc([N+](=O)[O-])cn1CCC(=O)NCC(O)COc1cccc(Cl)c1Cl. The highest BCUT2D eigenvalue weighted by molar-refractivity contribution is 6.42. The van der Waals surface area contributed by atoms with Crippen LogP contribution >= 0.6 is 23.2 Å². The van der Waals surface area contributed by atoms with Gasteiger partial charge in [-0.1, -0.05) is 29.3 Å². The molecule has 0 fully saturated rings. The minimum Gasteiger partial charge on any atom is -0.489 e. The molecule has 146 valence electrons. The van der Waals surface area contributed by atoms with Gasteiger partial charge in [0.25, 0.3) is 0 Å². The van der Waals surface area contributed by atoms with Crippen molar-refractivity contribution in [3.63, 3.8) is 0 Å². The third-order valence-corrected chi connectivity index (χ3v) is 4.41. The van der Waals surface area contributed by atoms with Crippen LogP contribution in [0.3, 0.4) is 0 Å². The van der Waals surface area contributed by atoms with E-state index in [9.17, 15) is 20.0 Å². The van der Waals surface area contributed by atoms with Crippen LogP contribution in [0, 0.1) is 17.0 Å². The Kier molecular flexibility index (Phi) is 7.40. The molecule has 1 atom stereocenters. The summed E-state index contributed by atoms with van der Waals surface area (Å²) < 4.78 is 6.91. The van der Waals surface area contributed by atoms with E-state index in [0.717, 1.165) is 0 Å². The van der Waals surface area contributed by atoms with Gasteiger partial charge in [-0.2, -0.15) is 0 Å². The number of benzene rings is 1. The third kappa shape index (κ3) is 6.09. The van der Waals surface area contributed by atoms with E-state index in [0.29, 0.717) is 16.6 Å². The molecule has 27 heavy (non-hydrogen) atoms. The maximum atomic E-state index is 11.9. The second-order valence-corrected chi connectivity index (χ2v) is 6.45. The van der Waals surface area contributed by atoms with Crippen molar-refractivity contribution >= 4 is 34.9 Å². The van der Waals surface area contributed by atoms with Crippen LogP contribution in [0.15, 0.2) is 24.4 Å². The van der Waals surface area contributed by atoms with Gasteiger partial charge in [0.2, 0.25) is 11.7 Å². The van der Waals surface area contributed by atoms with E-state index in [1.165, 1.54) is 10.8 Å². The number of ether oxygens (including phenoxy) is 1. The normalized spacial score (nSPS) is 11.9. The molecular formula is C16H18Cl2N4O5. The smallest absolute Gasteiger partial charge is 0.381 e. The summed E-state index contributed by atoms with van der Waals surface area (Å²) in [6.07, 6.45) is 0.419. The molecule has 1 aromatic heterocycles. The Morgan fingerprint density at radius 3 is 2.89 bits per heavy atom. The van der Waals surface area contributed by atoms with Gasteiger partial charge in [-0.15, -0.1) is 0 Å². The Hall–Kier alpha value is -2.36. The minimum absolute atomic E-state index is 0.0138. The molecule has 9 nitrogen and oxygen atoms in total. The minimum atomic E-state index is -0.944. The van der Waals surface area contributed by atoms with Crippen LogP contribution < -0.4 is 10.1 Å². The first-order valence-electron chi connectivity index (χ1n) is 7.97. The van der Waals surface area contributed by atoms with Gasteiger partial charge in [0.1, 0.15) is 29.7 Å². The molecule has 1 aromatic carbocycles. The highest BCUT2D eigenvalue weighted by Crippen LogP contribution is 2.31. The van der Waals surface area contributed by atoms with Crippen LogP contribution in [-0.4, -0.2) is 44.7 Å². The van der Waals surface area contributed by atoms with E-state index < -0.39 is 11.0 Å². The summed E-state index contributed by atoms with van der Waals surface area (Å²) in [5.41, 5.74) is 0. The molecule has 0 aliphatic heterocycles. The van der Waals surface area contributed by atoms with Crippen molar-refractivity contribution in [3.8, 4) is 5.75 Å². The number of aliphatic hydroxyl groups is 1. The molecule has 2 N–H and O–H groups in total. The summed E-state index contributed by atoms with van der Waals surface area (Å²) in [5, 5.41) is 23.7. The lowest BCUT2D eigenvalue weighted by Crippen LogP contribution is -2.35. The molecule has 2 aromatic rings. The largest absolute Gasteiger partial charge is 0.489 e. The van der Waals surface area contributed by atoms with E-state index in [-0.39, 0.29) is 42.9 Å². The molecule has 0 spiro atoms. The molecule has 0 aliphatic rings. The molecule has 0 radical (unpaired) electrons. The number of aromatic nitrogens is 2. The number of halogens is 2. The Bertz CT molecular complexity index is 827. The number of amides is 1. The van der Waals surface area contributed by atoms with E-state index in [1.54, 1.807) is 25.1 Å². The fourth-order valence-corrected chi connectivity index (χ4v) is 2.53. The predicted molar refractivity (Wildman–Crippen MR) is 99.2 cm³/mol. The topological polar surface area (TPSA) is 120 Å². The molecule has 0 bridgehead atoms. The van der Waals surface area contributed by atoms with Gasteiger partial charge < -0.3 is 29.8 Å². The average molecular weight is 417 g/mol. The first-order chi connectivity index (χ1) is 12.8. The van der Waals surface area contributed by atoms with Gasteiger partial charge in [-0.05, 0) is 22.0 Å². The lowest BCUT2D eigenvalue weighted by molar-refractivity contribution is -0.389. The summed E-state index contributed by atoms with van der Waals surface area (Å²) in [4.78, 5) is 25.8. The van der Waals surface area contributed by atoms with Gasteiger partial charge in [0, 0.05) is 26.4 Å². The maximum Gasteiger partial charge on any atom is 0.381 e. The Labute approximate surface area is 165 Å². The molecule has 0 saturated carbocycles. The Morgan fingerprint density at radius 2 is 2.22 bits per heavy atom. The van der Waals surface area contributed by atoms with Gasteiger partial charge >= 0.3 is 5.82 Å². The Morgan fingerprint density at radius 1 is 1.48 bits per heavy atom. The third-order valence-electron chi connectivity index (χ3n) is 3.61. The Balaban J connectivity index is 1.73. The molecule has 1 amide bonds. The summed E-state index contributed by atoms with van der Waals surface area (Å²) in [6, 6.07) is 4.90. The van der Waals surface area contributed by atoms with Crippen molar-refractivity contribution in [1.29, 1.82) is 0 Å². The quantitative estimate of drug-likeness (QED) is 0.478. The first kappa shape index (κ1) is 20.9. The predicted octanol–water partition coefficient (Wildman–Crippen LogP) is 2.35. The number of hydrogen-bond donors (Lipinski definition) is 2. The molecule has 11 heteroatoms. The molecule has 2 rings (SSSR count). The maximum absolute atomic E-state index is 11.9. The van der Waals surface area contributed by atoms with Crippen molar-refractivity contribution < 1.29 is 19.6 Å². The second kappa shape index (κ2) is 9.54. The molecule has 1 unspecified atom stereocenters. The van der Waals surface area contributed by atoms with Crippen molar-refractivity contribution in [2.45, 2.75) is 26.0 Å². The summed E-state index contributed by atoms with van der Waals surface area (Å²) in [7, 11) is 0. The van der Waals surface area contributed by atoms with E-state index in [2.05, 4.69) is 10.3 Å². The number of hydrogen-bond acceptors (Lipinski definition) is 6. The van der Waals surface area contributed by atoms with Crippen LogP contribution in [0.4, 0.5) is 5.82 Å². The fourth-order valence-electron chi connectivity index (χ4n) is 2.19. The highest BCUT2D eigenvalue weighted by atomic mass is 35.5. The van der Waals surface area contributed by atoms with Gasteiger partial charge in [-0.25, -0.2) is 0 Å². The number of carbonyl (C=O) groups is 1. The van der Waals surface area contributed by atoms with Crippen LogP contribution in [0.25, 0.3) is 0 Å². The second-order valence-electron chi connectivity index (χ2n) is 5.67. The lowest BCUT2D eigenvalue weighted by Gasteiger charge is -2.14. The van der Waals surface area contributed by atoms with Crippen molar-refractivity contribution in [2.75, 3.05) is 13.2 Å². The molecule has 0 aliphatic carbocycles. The van der Waals surface area contributed by atoms with Gasteiger partial charge in [0.15, 0.2) is 0 Å². The molecule has 0 saturated heterocycles. The first-order valence-corrected chi connectivity index (χ1v) is 8.73. The monoisotopic (exact) mass is 416 g/mol. The zero-order valence-electron chi connectivity index (χ0n) is 14.4. The van der Waals surface area contributed by atoms with Gasteiger partial charge in [0.05, 0.1) is 5.02 Å². The van der Waals surface area contributed by atoms with E-state index >= 15 is 0 Å². The van der Waals surface area contributed by atoms with Crippen LogP contribution in [0.2, 0.25) is 10.0 Å². The van der Waals surface area contributed by atoms with Crippen LogP contribution in [0.1, 0.15) is 12.2 Å². The standard InChI is InChI=1S/C16H18Cl2N4O5/c1-10-20-14(22(25)26)8-21(10)6-5-15(24)19-7-11(23)9-27-13-4-2-3-12(17)16(13)18/h2-4,8,11,23H,5-7,9H2,1H3,(H,19,24). The molecule has 1 heterocycles. The van der Waals surface area contributed by atoms with Crippen LogP contribution in [0.5, 0.6) is 5.75 Å². The number of nitrogens with zero attached hydrogens (tertiary/aromatic N) is 3. The lowest BCUT2D eigenvalue weighted by atomic mass is 10.3. The van der Waals surface area contributed by atoms with E-state index in [1.807, 2.05) is 0 Å². The summed E-state index contributed by atoms with van der Waals surface area (Å²) in [6.45, 7) is 1.77. The summed E-state index contributed by atoms with van der Waals surface area (Å²) in [5.74, 6) is 0.207. The van der Waals surface area contributed by atoms with Crippen LogP contribution in [-0.2, 0) is 11.3 Å². The zero-order chi connectivity index (χ0) is 20.0. The van der Waals surface area contributed by atoms with Crippen molar-refractivity contribution in [2.24, 2.45) is 0 Å². The zero-order valence-corrected chi connectivity index (χ0v) is 15.9. The number of rotatable bonds is 9. The number of carbonyl (C=O) groups excluding carboxylic acids is 1. The number of aliphatic hydroxyl groups excluding tert-OH is 1. The number of nitro groups is 1. The van der Waals surface area contributed by atoms with E-state index in [4.69, 9.17) is 27.9 Å². The highest BCUT2D eigenvalue weighted by Gasteiger charge is 2.16. The number of imidazole rings is 1. The van der Waals surface area contributed by atoms with Crippen molar-refractivity contribution in [3.05, 3.63) is 50.4 Å². The van der Waals surface area contributed by atoms with Crippen molar-refractivity contribution in [1.82, 2.24) is 14.9 Å². The molecular weight excluding hydrogens is 399 g/mol. The van der Waals surface area contributed by atoms with Gasteiger partial charge in [-0.3, -0.25) is 4.79 Å². The number of nitrogens with one attached hydrogen (secondary N) is 1. The average Bonchev–Trinajstić information content (AvgIpc) is 3.00.